The molecule has 0 heterocycles. The molecule has 5 heteroatoms. The van der Waals surface area contributed by atoms with E-state index in [-0.39, 0.29) is 13.0 Å². The van der Waals surface area contributed by atoms with Gasteiger partial charge in [-0.1, -0.05) is 187 Å². The quantitative estimate of drug-likeness (QED) is 0.0576. The van der Waals surface area contributed by atoms with Crippen LogP contribution in [0.4, 0.5) is 4.39 Å². The van der Waals surface area contributed by atoms with Gasteiger partial charge < -0.3 is 0 Å². The lowest BCUT2D eigenvalue weighted by atomic mass is 10.0. The Hall–Kier alpha value is -0.160. The number of alkyl halides is 1. The first-order valence-electron chi connectivity index (χ1n) is 17.6. The van der Waals surface area contributed by atoms with Gasteiger partial charge in [0.05, 0.1) is 6.61 Å². The molecule has 0 bridgehead atoms. The summed E-state index contributed by atoms with van der Waals surface area (Å²) in [4.78, 5) is 0. The molecule has 0 aliphatic rings. The zero-order chi connectivity index (χ0) is 28.7. The van der Waals surface area contributed by atoms with Gasteiger partial charge in [-0.2, -0.15) is 8.42 Å². The normalized spacial score (nSPS) is 12.8. The molecule has 1 atom stereocenters. The van der Waals surface area contributed by atoms with Crippen molar-refractivity contribution in [2.45, 2.75) is 212 Å². The van der Waals surface area contributed by atoms with E-state index in [9.17, 15) is 12.8 Å². The Kier molecular flexibility index (Phi) is 30.7. The zero-order valence-electron chi connectivity index (χ0n) is 26.5. The predicted octanol–water partition coefficient (Wildman–Crippen LogP) is 12.4. The van der Waals surface area contributed by atoms with Crippen LogP contribution in [0.5, 0.6) is 0 Å². The van der Waals surface area contributed by atoms with E-state index in [0.29, 0.717) is 12.8 Å². The predicted molar refractivity (Wildman–Crippen MR) is 170 cm³/mol. The lowest BCUT2D eigenvalue weighted by molar-refractivity contribution is 0.270. The molecular weight excluding hydrogens is 507 g/mol. The first-order valence-corrected chi connectivity index (χ1v) is 19.0. The fourth-order valence-electron chi connectivity index (χ4n) is 5.37. The summed E-state index contributed by atoms with van der Waals surface area (Å²) in [5.74, 6) is 0. The smallest absolute Gasteiger partial charge is 0.268 e. The third-order valence-electron chi connectivity index (χ3n) is 8.09. The van der Waals surface area contributed by atoms with Crippen LogP contribution in [0, 0.1) is 0 Å². The molecule has 236 valence electrons. The molecule has 0 saturated heterocycles. The highest BCUT2D eigenvalue weighted by Gasteiger charge is 2.25. The highest BCUT2D eigenvalue weighted by molar-refractivity contribution is 7.87. The summed E-state index contributed by atoms with van der Waals surface area (Å²) in [6, 6.07) is 0. The number of unbranched alkanes of at least 4 members (excludes halogenated alkanes) is 27. The minimum absolute atomic E-state index is 0.0669. The molecule has 0 amide bonds. The van der Waals surface area contributed by atoms with Crippen molar-refractivity contribution in [3.63, 3.8) is 0 Å². The Morgan fingerprint density at radius 3 is 1.00 bits per heavy atom. The maximum Gasteiger partial charge on any atom is 0.299 e. The van der Waals surface area contributed by atoms with E-state index in [1.807, 2.05) is 0 Å². The van der Waals surface area contributed by atoms with Crippen molar-refractivity contribution >= 4 is 10.1 Å². The van der Waals surface area contributed by atoms with E-state index in [2.05, 4.69) is 13.8 Å². The molecule has 1 unspecified atom stereocenters. The Balaban J connectivity index is 3.36. The molecule has 3 nitrogen and oxygen atoms in total. The second-order valence-corrected chi connectivity index (χ2v) is 13.8. The maximum absolute atomic E-state index is 14.1. The fourth-order valence-corrected chi connectivity index (χ4v) is 6.32. The van der Waals surface area contributed by atoms with Crippen LogP contribution in [0.15, 0.2) is 0 Å². The topological polar surface area (TPSA) is 43.4 Å². The monoisotopic (exact) mass is 576 g/mol. The number of hydrogen-bond acceptors (Lipinski definition) is 3. The van der Waals surface area contributed by atoms with Gasteiger partial charge in [-0.25, -0.2) is 4.39 Å². The van der Waals surface area contributed by atoms with Crippen molar-refractivity contribution < 1.29 is 17.0 Å². The minimum Gasteiger partial charge on any atom is -0.268 e. The van der Waals surface area contributed by atoms with Crippen LogP contribution in [0.2, 0.25) is 0 Å². The van der Waals surface area contributed by atoms with Crippen LogP contribution in [0.25, 0.3) is 0 Å². The summed E-state index contributed by atoms with van der Waals surface area (Å²) in [6.07, 6.45) is 36.5. The maximum atomic E-state index is 14.1. The lowest BCUT2D eigenvalue weighted by Crippen LogP contribution is -2.19. The van der Waals surface area contributed by atoms with Gasteiger partial charge in [0, 0.05) is 0 Å². The van der Waals surface area contributed by atoms with Gasteiger partial charge in [-0.3, -0.25) is 4.18 Å². The number of rotatable bonds is 33. The van der Waals surface area contributed by atoms with E-state index in [1.165, 1.54) is 148 Å². The van der Waals surface area contributed by atoms with Gasteiger partial charge in [-0.05, 0) is 19.3 Å². The summed E-state index contributed by atoms with van der Waals surface area (Å²) in [5, 5.41) is 0. The van der Waals surface area contributed by atoms with Crippen molar-refractivity contribution in [3.8, 4) is 0 Å². The van der Waals surface area contributed by atoms with E-state index < -0.39 is 15.6 Å². The largest absolute Gasteiger partial charge is 0.299 e. The van der Waals surface area contributed by atoms with Gasteiger partial charge in [0.2, 0.25) is 5.50 Å². The molecule has 0 radical (unpaired) electrons. The van der Waals surface area contributed by atoms with Gasteiger partial charge in [-0.15, -0.1) is 0 Å². The third kappa shape index (κ3) is 29.1. The first-order chi connectivity index (χ1) is 19.0. The van der Waals surface area contributed by atoms with Crippen LogP contribution >= 0.6 is 0 Å². The van der Waals surface area contributed by atoms with Crippen molar-refractivity contribution in [2.24, 2.45) is 0 Å². The van der Waals surface area contributed by atoms with Crippen LogP contribution in [0.1, 0.15) is 206 Å². The number of hydrogen-bond donors (Lipinski definition) is 0. The Morgan fingerprint density at radius 2 is 0.692 bits per heavy atom. The van der Waals surface area contributed by atoms with E-state index in [0.717, 1.165) is 25.7 Å². The molecule has 0 rings (SSSR count). The molecule has 0 spiro atoms. The summed E-state index contributed by atoms with van der Waals surface area (Å²) < 4.78 is 43.1. The van der Waals surface area contributed by atoms with Crippen LogP contribution in [0.3, 0.4) is 0 Å². The average Bonchev–Trinajstić information content (AvgIpc) is 2.92. The van der Waals surface area contributed by atoms with E-state index in [1.54, 1.807) is 0 Å². The van der Waals surface area contributed by atoms with Crippen LogP contribution in [-0.4, -0.2) is 20.5 Å². The second kappa shape index (κ2) is 30.8. The highest BCUT2D eigenvalue weighted by Crippen LogP contribution is 2.18. The number of halogens is 1. The SMILES string of the molecule is CCCCCCCCCCCCCCCCCCCCCCOS(=O)(=O)C(F)CCCCCCCCCCC. The van der Waals surface area contributed by atoms with Crippen LogP contribution < -0.4 is 0 Å². The summed E-state index contributed by atoms with van der Waals surface area (Å²) in [5.41, 5.74) is -1.87. The fraction of sp³-hybridized carbons (Fsp3) is 1.00. The van der Waals surface area contributed by atoms with Crippen LogP contribution in [-0.2, 0) is 14.3 Å². The average molecular weight is 577 g/mol. The van der Waals surface area contributed by atoms with Crippen molar-refractivity contribution in [2.75, 3.05) is 6.61 Å². The standard InChI is InChI=1S/C34H69FO3S/c1-3-5-7-9-11-13-14-15-16-17-18-19-20-21-22-23-25-27-29-31-33-38-39(36,37)34(35)32-30-28-26-24-12-10-8-6-4-2/h34H,3-33H2,1-2H3. The van der Waals surface area contributed by atoms with Crippen molar-refractivity contribution in [3.05, 3.63) is 0 Å². The second-order valence-electron chi connectivity index (χ2n) is 12.1. The molecule has 0 N–H and O–H groups in total. The molecule has 0 aliphatic heterocycles. The summed E-state index contributed by atoms with van der Waals surface area (Å²) in [6.45, 7) is 4.62. The molecule has 0 aromatic rings. The molecular formula is C34H69FO3S. The Morgan fingerprint density at radius 1 is 0.436 bits per heavy atom. The molecule has 39 heavy (non-hydrogen) atoms. The van der Waals surface area contributed by atoms with Gasteiger partial charge in [0.1, 0.15) is 0 Å². The Bertz CT molecular complexity index is 567. The molecule has 0 aromatic heterocycles. The summed E-state index contributed by atoms with van der Waals surface area (Å²) in [7, 11) is -4.06. The van der Waals surface area contributed by atoms with E-state index >= 15 is 0 Å². The molecule has 0 fully saturated rings. The minimum atomic E-state index is -4.06. The van der Waals surface area contributed by atoms with Gasteiger partial charge >= 0.3 is 0 Å². The van der Waals surface area contributed by atoms with E-state index in [4.69, 9.17) is 4.18 Å². The van der Waals surface area contributed by atoms with Gasteiger partial charge in [0.15, 0.2) is 0 Å². The molecule has 0 aliphatic carbocycles. The zero-order valence-corrected chi connectivity index (χ0v) is 27.3. The Labute approximate surface area is 245 Å². The molecule has 0 saturated carbocycles. The van der Waals surface area contributed by atoms with Gasteiger partial charge in [0.25, 0.3) is 10.1 Å². The lowest BCUT2D eigenvalue weighted by Gasteiger charge is -2.10. The van der Waals surface area contributed by atoms with Crippen molar-refractivity contribution in [1.82, 2.24) is 0 Å². The third-order valence-corrected chi connectivity index (χ3v) is 9.45. The first kappa shape index (κ1) is 38.8. The summed E-state index contributed by atoms with van der Waals surface area (Å²) >= 11 is 0. The molecule has 0 aromatic carbocycles. The van der Waals surface area contributed by atoms with Crippen molar-refractivity contribution in [1.29, 1.82) is 0 Å². The highest BCUT2D eigenvalue weighted by atomic mass is 32.2.